The summed E-state index contributed by atoms with van der Waals surface area (Å²) in [5.74, 6) is 0.713. The Morgan fingerprint density at radius 2 is 2.20 bits per heavy atom. The maximum absolute atomic E-state index is 14.1. The van der Waals surface area contributed by atoms with Crippen LogP contribution < -0.4 is 5.32 Å². The van der Waals surface area contributed by atoms with Gasteiger partial charge in [0, 0.05) is 29.3 Å². The lowest BCUT2D eigenvalue weighted by molar-refractivity contribution is 0.129. The highest BCUT2D eigenvalue weighted by atomic mass is 32.2. The van der Waals surface area contributed by atoms with Crippen molar-refractivity contribution < 1.29 is 9.13 Å². The van der Waals surface area contributed by atoms with E-state index in [0.717, 1.165) is 35.7 Å². The van der Waals surface area contributed by atoms with Gasteiger partial charge < -0.3 is 10.1 Å². The first-order valence-corrected chi connectivity index (χ1v) is 8.21. The smallest absolute Gasteiger partial charge is 0.137 e. The van der Waals surface area contributed by atoms with Crippen LogP contribution >= 0.6 is 11.8 Å². The molecule has 1 fully saturated rings. The molecule has 1 aliphatic heterocycles. The van der Waals surface area contributed by atoms with Crippen molar-refractivity contribution in [1.29, 1.82) is 0 Å². The fourth-order valence-corrected chi connectivity index (χ4v) is 3.31. The van der Waals surface area contributed by atoms with E-state index in [9.17, 15) is 4.39 Å². The highest BCUT2D eigenvalue weighted by Crippen LogP contribution is 2.29. The molecule has 1 unspecified atom stereocenters. The van der Waals surface area contributed by atoms with Gasteiger partial charge in [-0.25, -0.2) is 4.39 Å². The van der Waals surface area contributed by atoms with E-state index in [2.05, 4.69) is 26.1 Å². The van der Waals surface area contributed by atoms with Gasteiger partial charge in [-0.15, -0.1) is 11.8 Å². The zero-order valence-corrected chi connectivity index (χ0v) is 13.4. The Morgan fingerprint density at radius 1 is 1.40 bits per heavy atom. The standard InChI is InChI=1S/C16H24FNOS/c1-16(2,3)18-10-12-6-4-8-14(17)15(12)20-11-13-7-5-9-19-13/h4,6,8,13,18H,5,7,9-11H2,1-3H3. The van der Waals surface area contributed by atoms with Crippen molar-refractivity contribution in [2.75, 3.05) is 12.4 Å². The largest absolute Gasteiger partial charge is 0.377 e. The predicted molar refractivity (Wildman–Crippen MR) is 82.7 cm³/mol. The number of ether oxygens (including phenoxy) is 1. The zero-order chi connectivity index (χ0) is 14.6. The summed E-state index contributed by atoms with van der Waals surface area (Å²) in [6.45, 7) is 7.89. The Bertz CT molecular complexity index is 439. The summed E-state index contributed by atoms with van der Waals surface area (Å²) in [6.07, 6.45) is 2.50. The minimum atomic E-state index is -0.124. The van der Waals surface area contributed by atoms with Crippen LogP contribution in [0.2, 0.25) is 0 Å². The fourth-order valence-electron chi connectivity index (χ4n) is 2.17. The minimum absolute atomic E-state index is 0.0306. The summed E-state index contributed by atoms with van der Waals surface area (Å²) >= 11 is 1.58. The highest BCUT2D eigenvalue weighted by molar-refractivity contribution is 7.99. The molecule has 0 aromatic heterocycles. The van der Waals surface area contributed by atoms with Crippen LogP contribution in [0, 0.1) is 5.82 Å². The molecule has 0 spiro atoms. The molecular formula is C16H24FNOS. The molecule has 2 nitrogen and oxygen atoms in total. The summed E-state index contributed by atoms with van der Waals surface area (Å²) in [6, 6.07) is 5.32. The van der Waals surface area contributed by atoms with E-state index >= 15 is 0 Å². The van der Waals surface area contributed by atoms with Gasteiger partial charge in [-0.3, -0.25) is 0 Å². The van der Waals surface area contributed by atoms with Crippen molar-refractivity contribution >= 4 is 11.8 Å². The monoisotopic (exact) mass is 297 g/mol. The Morgan fingerprint density at radius 3 is 2.85 bits per heavy atom. The van der Waals surface area contributed by atoms with Crippen LogP contribution in [0.5, 0.6) is 0 Å². The Kier molecular flexibility index (Phi) is 5.47. The molecule has 112 valence electrons. The average molecular weight is 297 g/mol. The molecule has 1 heterocycles. The van der Waals surface area contributed by atoms with Crippen LogP contribution in [0.4, 0.5) is 4.39 Å². The van der Waals surface area contributed by atoms with Gasteiger partial charge in [0.1, 0.15) is 5.82 Å². The number of hydrogen-bond donors (Lipinski definition) is 1. The molecule has 1 atom stereocenters. The maximum atomic E-state index is 14.1. The van der Waals surface area contributed by atoms with Crippen molar-refractivity contribution in [3.05, 3.63) is 29.6 Å². The van der Waals surface area contributed by atoms with E-state index in [1.165, 1.54) is 0 Å². The van der Waals surface area contributed by atoms with Gasteiger partial charge in [0.05, 0.1) is 6.10 Å². The lowest BCUT2D eigenvalue weighted by Crippen LogP contribution is -2.35. The molecule has 0 bridgehead atoms. The van der Waals surface area contributed by atoms with Gasteiger partial charge in [-0.2, -0.15) is 0 Å². The molecule has 1 aromatic rings. The Balaban J connectivity index is 2.01. The molecule has 2 rings (SSSR count). The van der Waals surface area contributed by atoms with Gasteiger partial charge in [0.2, 0.25) is 0 Å². The number of hydrogen-bond acceptors (Lipinski definition) is 3. The molecule has 4 heteroatoms. The average Bonchev–Trinajstić information content (AvgIpc) is 2.87. The predicted octanol–water partition coefficient (Wildman–Crippen LogP) is 3.98. The van der Waals surface area contributed by atoms with Crippen molar-refractivity contribution in [3.8, 4) is 0 Å². The van der Waals surface area contributed by atoms with Gasteiger partial charge in [-0.05, 0) is 45.2 Å². The van der Waals surface area contributed by atoms with Crippen LogP contribution in [-0.4, -0.2) is 24.0 Å². The highest BCUT2D eigenvalue weighted by Gasteiger charge is 2.18. The summed E-state index contributed by atoms with van der Waals surface area (Å²) in [7, 11) is 0. The lowest BCUT2D eigenvalue weighted by atomic mass is 10.1. The number of benzene rings is 1. The summed E-state index contributed by atoms with van der Waals surface area (Å²) in [4.78, 5) is 0.764. The van der Waals surface area contributed by atoms with Crippen LogP contribution in [0.3, 0.4) is 0 Å². The van der Waals surface area contributed by atoms with E-state index in [1.807, 2.05) is 6.07 Å². The first-order valence-electron chi connectivity index (χ1n) is 7.22. The first kappa shape index (κ1) is 15.8. The van der Waals surface area contributed by atoms with Crippen molar-refractivity contribution in [2.24, 2.45) is 0 Å². The zero-order valence-electron chi connectivity index (χ0n) is 12.5. The second-order valence-corrected chi connectivity index (χ2v) is 7.31. The number of rotatable bonds is 5. The van der Waals surface area contributed by atoms with E-state index in [0.29, 0.717) is 6.54 Å². The van der Waals surface area contributed by atoms with Gasteiger partial charge >= 0.3 is 0 Å². The first-order chi connectivity index (χ1) is 9.46. The molecular weight excluding hydrogens is 273 g/mol. The van der Waals surface area contributed by atoms with E-state index < -0.39 is 0 Å². The van der Waals surface area contributed by atoms with Crippen LogP contribution in [0.1, 0.15) is 39.2 Å². The van der Waals surface area contributed by atoms with Crippen molar-refractivity contribution in [3.63, 3.8) is 0 Å². The third kappa shape index (κ3) is 4.76. The van der Waals surface area contributed by atoms with Crippen LogP contribution in [0.15, 0.2) is 23.1 Å². The Labute approximate surface area is 125 Å². The number of thioether (sulfide) groups is 1. The third-order valence-electron chi connectivity index (χ3n) is 3.30. The summed E-state index contributed by atoms with van der Waals surface area (Å²) in [5, 5.41) is 3.42. The second kappa shape index (κ2) is 6.92. The molecule has 0 amide bonds. The normalized spacial score (nSPS) is 19.5. The SMILES string of the molecule is CC(C)(C)NCc1cccc(F)c1SCC1CCCO1. The van der Waals surface area contributed by atoms with E-state index in [-0.39, 0.29) is 17.5 Å². The minimum Gasteiger partial charge on any atom is -0.377 e. The molecule has 1 N–H and O–H groups in total. The summed E-state index contributed by atoms with van der Waals surface area (Å²) < 4.78 is 19.7. The van der Waals surface area contributed by atoms with E-state index in [4.69, 9.17) is 4.74 Å². The van der Waals surface area contributed by atoms with Crippen molar-refractivity contribution in [2.45, 2.75) is 56.7 Å². The lowest BCUT2D eigenvalue weighted by Gasteiger charge is -2.22. The third-order valence-corrected chi connectivity index (χ3v) is 4.58. The molecule has 20 heavy (non-hydrogen) atoms. The quantitative estimate of drug-likeness (QED) is 0.831. The molecule has 0 saturated carbocycles. The van der Waals surface area contributed by atoms with Gasteiger partial charge in [-0.1, -0.05) is 12.1 Å². The van der Waals surface area contributed by atoms with Crippen molar-refractivity contribution in [1.82, 2.24) is 5.32 Å². The van der Waals surface area contributed by atoms with Crippen LogP contribution in [-0.2, 0) is 11.3 Å². The molecule has 1 aromatic carbocycles. The van der Waals surface area contributed by atoms with E-state index in [1.54, 1.807) is 23.9 Å². The topological polar surface area (TPSA) is 21.3 Å². The fraction of sp³-hybridized carbons (Fsp3) is 0.625. The molecule has 1 saturated heterocycles. The van der Waals surface area contributed by atoms with Gasteiger partial charge in [0.25, 0.3) is 0 Å². The van der Waals surface area contributed by atoms with Gasteiger partial charge in [0.15, 0.2) is 0 Å². The molecule has 0 radical (unpaired) electrons. The summed E-state index contributed by atoms with van der Waals surface area (Å²) in [5.41, 5.74) is 1.06. The second-order valence-electron chi connectivity index (χ2n) is 6.28. The maximum Gasteiger partial charge on any atom is 0.137 e. The molecule has 0 aliphatic carbocycles. The Hall–Kier alpha value is -0.580. The molecule has 1 aliphatic rings. The number of nitrogens with one attached hydrogen (secondary N) is 1. The van der Waals surface area contributed by atoms with Crippen LogP contribution in [0.25, 0.3) is 0 Å². The number of halogens is 1.